The molecule has 31 heavy (non-hydrogen) atoms. The van der Waals surface area contributed by atoms with E-state index in [1.807, 2.05) is 31.2 Å². The van der Waals surface area contributed by atoms with Gasteiger partial charge in [-0.25, -0.2) is 9.36 Å². The Morgan fingerprint density at radius 3 is 2.74 bits per heavy atom. The zero-order chi connectivity index (χ0) is 21.6. The fourth-order valence-electron chi connectivity index (χ4n) is 2.80. The van der Waals surface area contributed by atoms with Gasteiger partial charge in [0.2, 0.25) is 0 Å². The zero-order valence-corrected chi connectivity index (χ0v) is 17.5. The Hall–Kier alpha value is -3.78. The van der Waals surface area contributed by atoms with Gasteiger partial charge in [-0.15, -0.1) is 0 Å². The third-order valence-electron chi connectivity index (χ3n) is 4.37. The highest BCUT2D eigenvalue weighted by molar-refractivity contribution is 6.30. The molecule has 1 amide bonds. The summed E-state index contributed by atoms with van der Waals surface area (Å²) in [7, 11) is 0. The fraction of sp³-hybridized carbons (Fsp3) is 0.136. The molecule has 2 heterocycles. The number of benzene rings is 2. The molecule has 0 bridgehead atoms. The lowest BCUT2D eigenvalue weighted by Crippen LogP contribution is -2.14. The molecule has 0 atom stereocenters. The number of anilines is 1. The van der Waals surface area contributed by atoms with Crippen molar-refractivity contribution in [1.82, 2.24) is 19.6 Å². The third-order valence-corrected chi connectivity index (χ3v) is 4.60. The highest BCUT2D eigenvalue weighted by Gasteiger charge is 2.11. The Kier molecular flexibility index (Phi) is 6.18. The van der Waals surface area contributed by atoms with Crippen molar-refractivity contribution >= 4 is 23.2 Å². The Balaban J connectivity index is 1.30. The molecule has 4 aromatic rings. The van der Waals surface area contributed by atoms with Crippen molar-refractivity contribution in [3.63, 3.8) is 0 Å². The van der Waals surface area contributed by atoms with E-state index >= 15 is 0 Å². The molecule has 0 spiro atoms. The topological polar surface area (TPSA) is 83.2 Å². The van der Waals surface area contributed by atoms with Crippen molar-refractivity contribution in [1.29, 1.82) is 0 Å². The van der Waals surface area contributed by atoms with Crippen LogP contribution in [0.3, 0.4) is 0 Å². The van der Waals surface area contributed by atoms with E-state index < -0.39 is 0 Å². The number of aryl methyl sites for hydroxylation is 1. The van der Waals surface area contributed by atoms with E-state index in [1.54, 1.807) is 52.1 Å². The number of amides is 1. The van der Waals surface area contributed by atoms with Gasteiger partial charge in [0.25, 0.3) is 5.91 Å². The first-order valence-electron chi connectivity index (χ1n) is 9.51. The maximum absolute atomic E-state index is 12.5. The molecule has 8 nitrogen and oxygen atoms in total. The maximum Gasteiger partial charge on any atom is 0.276 e. The molecule has 0 aliphatic carbocycles. The second-order valence-corrected chi connectivity index (χ2v) is 7.17. The number of hydrogen-bond acceptors (Lipinski definition) is 5. The first-order chi connectivity index (χ1) is 15.1. The summed E-state index contributed by atoms with van der Waals surface area (Å²) in [5.41, 5.74) is 1.84. The van der Waals surface area contributed by atoms with Crippen LogP contribution in [0.4, 0.5) is 5.69 Å². The standard InChI is InChI=1S/C22H20ClN5O3/c1-16-5-2-3-8-21(16)31-14-27-10-9-20(26-27)22(29)25-18-12-24-28(13-18)15-30-19-7-4-6-17(23)11-19/h2-13H,14-15H2,1H3,(H,25,29). The van der Waals surface area contributed by atoms with Crippen LogP contribution in [0, 0.1) is 6.92 Å². The summed E-state index contributed by atoms with van der Waals surface area (Å²) in [6.45, 7) is 2.36. The smallest absolute Gasteiger partial charge is 0.276 e. The Morgan fingerprint density at radius 2 is 1.90 bits per heavy atom. The third kappa shape index (κ3) is 5.43. The molecule has 1 N–H and O–H groups in total. The van der Waals surface area contributed by atoms with E-state index in [1.165, 1.54) is 6.20 Å². The van der Waals surface area contributed by atoms with Crippen molar-refractivity contribution in [2.45, 2.75) is 20.4 Å². The monoisotopic (exact) mass is 437 g/mol. The van der Waals surface area contributed by atoms with Gasteiger partial charge in [0.1, 0.15) is 11.5 Å². The molecule has 9 heteroatoms. The van der Waals surface area contributed by atoms with Crippen molar-refractivity contribution in [2.24, 2.45) is 0 Å². The molecule has 0 saturated heterocycles. The summed E-state index contributed by atoms with van der Waals surface area (Å²) in [6, 6.07) is 16.4. The van der Waals surface area contributed by atoms with Crippen LogP contribution in [0.5, 0.6) is 11.5 Å². The maximum atomic E-state index is 12.5. The lowest BCUT2D eigenvalue weighted by Gasteiger charge is -2.08. The van der Waals surface area contributed by atoms with Crippen LogP contribution in [-0.4, -0.2) is 25.5 Å². The minimum atomic E-state index is -0.343. The molecule has 0 unspecified atom stereocenters. The minimum absolute atomic E-state index is 0.182. The average Bonchev–Trinajstić information content (AvgIpc) is 3.41. The predicted molar refractivity (Wildman–Crippen MR) is 116 cm³/mol. The first-order valence-corrected chi connectivity index (χ1v) is 9.89. The highest BCUT2D eigenvalue weighted by Crippen LogP contribution is 2.18. The fourth-order valence-corrected chi connectivity index (χ4v) is 2.98. The van der Waals surface area contributed by atoms with Gasteiger partial charge >= 0.3 is 0 Å². The molecular formula is C22H20ClN5O3. The number of ether oxygens (including phenoxy) is 2. The SMILES string of the molecule is Cc1ccccc1OCn1ccc(C(=O)Nc2cnn(COc3cccc(Cl)c3)c2)n1. The van der Waals surface area contributed by atoms with E-state index in [2.05, 4.69) is 15.5 Å². The van der Waals surface area contributed by atoms with E-state index in [0.29, 0.717) is 16.5 Å². The van der Waals surface area contributed by atoms with Crippen LogP contribution in [0.1, 0.15) is 16.1 Å². The summed E-state index contributed by atoms with van der Waals surface area (Å²) in [6.07, 6.45) is 4.90. The highest BCUT2D eigenvalue weighted by atomic mass is 35.5. The van der Waals surface area contributed by atoms with Gasteiger partial charge in [-0.3, -0.25) is 4.79 Å². The van der Waals surface area contributed by atoms with Crippen molar-refractivity contribution in [3.8, 4) is 11.5 Å². The number of nitrogens with zero attached hydrogens (tertiary/aromatic N) is 4. The second kappa shape index (κ2) is 9.36. The van der Waals surface area contributed by atoms with Crippen molar-refractivity contribution < 1.29 is 14.3 Å². The largest absolute Gasteiger partial charge is 0.471 e. The molecule has 0 aliphatic rings. The molecule has 0 radical (unpaired) electrons. The normalized spacial score (nSPS) is 10.6. The molecular weight excluding hydrogens is 418 g/mol. The van der Waals surface area contributed by atoms with Gasteiger partial charge in [0.15, 0.2) is 19.2 Å². The van der Waals surface area contributed by atoms with Crippen LogP contribution < -0.4 is 14.8 Å². The molecule has 2 aromatic carbocycles. The lowest BCUT2D eigenvalue weighted by molar-refractivity contribution is 0.102. The Labute approximate surface area is 184 Å². The van der Waals surface area contributed by atoms with Gasteiger partial charge in [-0.05, 0) is 42.8 Å². The van der Waals surface area contributed by atoms with Crippen LogP contribution in [0.2, 0.25) is 5.02 Å². The molecule has 158 valence electrons. The zero-order valence-electron chi connectivity index (χ0n) is 16.7. The number of para-hydroxylation sites is 1. The number of carbonyl (C=O) groups excluding carboxylic acids is 1. The van der Waals surface area contributed by atoms with E-state index in [9.17, 15) is 4.79 Å². The quantitative estimate of drug-likeness (QED) is 0.442. The number of hydrogen-bond donors (Lipinski definition) is 1. The second-order valence-electron chi connectivity index (χ2n) is 6.73. The van der Waals surface area contributed by atoms with Crippen LogP contribution in [0.15, 0.2) is 73.2 Å². The average molecular weight is 438 g/mol. The molecule has 0 fully saturated rings. The molecule has 4 rings (SSSR count). The first kappa shape index (κ1) is 20.5. The van der Waals surface area contributed by atoms with E-state index in [4.69, 9.17) is 21.1 Å². The lowest BCUT2D eigenvalue weighted by atomic mass is 10.2. The van der Waals surface area contributed by atoms with Gasteiger partial charge in [0, 0.05) is 11.2 Å². The number of rotatable bonds is 8. The van der Waals surface area contributed by atoms with Gasteiger partial charge in [0.05, 0.1) is 18.1 Å². The van der Waals surface area contributed by atoms with Crippen molar-refractivity contribution in [3.05, 3.63) is 89.5 Å². The summed E-state index contributed by atoms with van der Waals surface area (Å²) in [5, 5.41) is 11.8. The molecule has 2 aromatic heterocycles. The number of nitrogens with one attached hydrogen (secondary N) is 1. The van der Waals surface area contributed by atoms with Crippen LogP contribution in [0.25, 0.3) is 0 Å². The van der Waals surface area contributed by atoms with Crippen LogP contribution >= 0.6 is 11.6 Å². The molecule has 0 saturated carbocycles. The van der Waals surface area contributed by atoms with Gasteiger partial charge < -0.3 is 14.8 Å². The van der Waals surface area contributed by atoms with Crippen LogP contribution in [-0.2, 0) is 13.5 Å². The predicted octanol–water partition coefficient (Wildman–Crippen LogP) is 4.37. The Bertz CT molecular complexity index is 1190. The number of carbonyl (C=O) groups is 1. The Morgan fingerprint density at radius 1 is 1.06 bits per heavy atom. The number of aromatic nitrogens is 4. The summed E-state index contributed by atoms with van der Waals surface area (Å²) in [4.78, 5) is 12.5. The van der Waals surface area contributed by atoms with Gasteiger partial charge in [-0.2, -0.15) is 10.2 Å². The van der Waals surface area contributed by atoms with Gasteiger partial charge in [-0.1, -0.05) is 35.9 Å². The van der Waals surface area contributed by atoms with E-state index in [-0.39, 0.29) is 25.1 Å². The number of halogens is 1. The van der Waals surface area contributed by atoms with E-state index in [0.717, 1.165) is 11.3 Å². The summed E-state index contributed by atoms with van der Waals surface area (Å²) < 4.78 is 14.5. The molecule has 0 aliphatic heterocycles. The summed E-state index contributed by atoms with van der Waals surface area (Å²) >= 11 is 5.94. The minimum Gasteiger partial charge on any atom is -0.471 e. The van der Waals surface area contributed by atoms with Crippen molar-refractivity contribution in [2.75, 3.05) is 5.32 Å². The summed E-state index contributed by atoms with van der Waals surface area (Å²) in [5.74, 6) is 1.06.